The number of carbonyl (C=O) groups excluding carboxylic acids is 2. The zero-order valence-corrected chi connectivity index (χ0v) is 20.0. The number of hydrogen-bond acceptors (Lipinski definition) is 6. The molecule has 0 saturated carbocycles. The second-order valence-electron chi connectivity index (χ2n) is 7.59. The summed E-state index contributed by atoms with van der Waals surface area (Å²) >= 11 is 0. The van der Waals surface area contributed by atoms with Gasteiger partial charge in [0.2, 0.25) is 10.0 Å². The third kappa shape index (κ3) is 6.00. The number of hydrogen-bond donors (Lipinski definition) is 1. The van der Waals surface area contributed by atoms with Gasteiger partial charge in [-0.1, -0.05) is 48.5 Å². The van der Waals surface area contributed by atoms with Crippen molar-refractivity contribution in [3.05, 3.63) is 89.5 Å². The van der Waals surface area contributed by atoms with Crippen molar-refractivity contribution in [1.29, 1.82) is 0 Å². The number of ether oxygens (including phenoxy) is 2. The van der Waals surface area contributed by atoms with Crippen molar-refractivity contribution < 1.29 is 27.5 Å². The third-order valence-electron chi connectivity index (χ3n) is 5.03. The van der Waals surface area contributed by atoms with E-state index in [1.807, 2.05) is 42.5 Å². The molecule has 178 valence electrons. The molecule has 0 spiro atoms. The molecule has 0 bridgehead atoms. The van der Waals surface area contributed by atoms with Crippen LogP contribution in [0.25, 0.3) is 0 Å². The monoisotopic (exact) mass is 482 g/mol. The number of nitrogens with zero attached hydrogens (tertiary/aromatic N) is 1. The Kier molecular flexibility index (Phi) is 8.04. The first-order valence-electron chi connectivity index (χ1n) is 10.4. The van der Waals surface area contributed by atoms with Crippen LogP contribution in [0.3, 0.4) is 0 Å². The minimum atomic E-state index is -3.71. The Morgan fingerprint density at radius 1 is 0.941 bits per heavy atom. The predicted octanol–water partition coefficient (Wildman–Crippen LogP) is 3.33. The summed E-state index contributed by atoms with van der Waals surface area (Å²) in [7, 11) is 0.505. The summed E-state index contributed by atoms with van der Waals surface area (Å²) in [6.07, 6.45) is 0.544. The minimum absolute atomic E-state index is 0.0135. The van der Waals surface area contributed by atoms with Crippen LogP contribution >= 0.6 is 0 Å². The fourth-order valence-corrected chi connectivity index (χ4v) is 4.17. The molecule has 1 amide bonds. The Morgan fingerprint density at radius 3 is 2.29 bits per heavy atom. The Hall–Kier alpha value is -3.69. The van der Waals surface area contributed by atoms with Gasteiger partial charge in [0.25, 0.3) is 5.91 Å². The largest absolute Gasteiger partial charge is 0.495 e. The van der Waals surface area contributed by atoms with Crippen LogP contribution in [0.15, 0.2) is 77.7 Å². The summed E-state index contributed by atoms with van der Waals surface area (Å²) in [5.41, 5.74) is 2.34. The Bertz CT molecular complexity index is 1270. The van der Waals surface area contributed by atoms with E-state index in [0.29, 0.717) is 12.0 Å². The molecule has 9 heteroatoms. The summed E-state index contributed by atoms with van der Waals surface area (Å²) in [6.45, 7) is -0.549. The zero-order chi connectivity index (χ0) is 24.7. The first-order valence-corrected chi connectivity index (χ1v) is 11.9. The molecule has 8 nitrogen and oxygen atoms in total. The van der Waals surface area contributed by atoms with Crippen LogP contribution in [0.5, 0.6) is 5.75 Å². The highest BCUT2D eigenvalue weighted by atomic mass is 32.2. The highest BCUT2D eigenvalue weighted by Crippen LogP contribution is 2.28. The number of nitrogens with one attached hydrogen (secondary N) is 1. The van der Waals surface area contributed by atoms with Gasteiger partial charge in [0.15, 0.2) is 6.61 Å². The van der Waals surface area contributed by atoms with Crippen molar-refractivity contribution in [1.82, 2.24) is 4.31 Å². The van der Waals surface area contributed by atoms with E-state index in [9.17, 15) is 18.0 Å². The fraction of sp³-hybridized carbons (Fsp3) is 0.200. The summed E-state index contributed by atoms with van der Waals surface area (Å²) in [6, 6.07) is 20.9. The molecule has 1 N–H and O–H groups in total. The van der Waals surface area contributed by atoms with Crippen LogP contribution in [0.4, 0.5) is 5.69 Å². The van der Waals surface area contributed by atoms with Gasteiger partial charge in [-0.3, -0.25) is 4.79 Å². The van der Waals surface area contributed by atoms with Crippen LogP contribution in [0.2, 0.25) is 0 Å². The van der Waals surface area contributed by atoms with Crippen molar-refractivity contribution in [2.24, 2.45) is 0 Å². The Morgan fingerprint density at radius 2 is 1.62 bits per heavy atom. The predicted molar refractivity (Wildman–Crippen MR) is 128 cm³/mol. The van der Waals surface area contributed by atoms with Crippen molar-refractivity contribution in [2.45, 2.75) is 11.3 Å². The molecule has 0 aliphatic rings. The number of carbonyl (C=O) groups is 2. The third-order valence-corrected chi connectivity index (χ3v) is 6.84. The van der Waals surface area contributed by atoms with Gasteiger partial charge in [0, 0.05) is 14.1 Å². The Labute approximate surface area is 199 Å². The van der Waals surface area contributed by atoms with Crippen LogP contribution in [-0.2, 0) is 26.0 Å². The zero-order valence-electron chi connectivity index (χ0n) is 19.1. The normalized spacial score (nSPS) is 11.2. The smallest absolute Gasteiger partial charge is 0.338 e. The first-order chi connectivity index (χ1) is 16.2. The van der Waals surface area contributed by atoms with E-state index >= 15 is 0 Å². The topological polar surface area (TPSA) is 102 Å². The lowest BCUT2D eigenvalue weighted by molar-refractivity contribution is -0.119. The summed E-state index contributed by atoms with van der Waals surface area (Å²) < 4.78 is 36.3. The van der Waals surface area contributed by atoms with Crippen molar-refractivity contribution >= 4 is 27.6 Å². The molecule has 0 aromatic heterocycles. The highest BCUT2D eigenvalue weighted by Gasteiger charge is 2.20. The molecule has 0 heterocycles. The second kappa shape index (κ2) is 11.0. The molecule has 0 atom stereocenters. The number of benzene rings is 3. The van der Waals surface area contributed by atoms with E-state index in [2.05, 4.69) is 5.32 Å². The lowest BCUT2D eigenvalue weighted by atomic mass is 10.00. The average Bonchev–Trinajstić information content (AvgIpc) is 2.83. The van der Waals surface area contributed by atoms with Gasteiger partial charge >= 0.3 is 5.97 Å². The van der Waals surface area contributed by atoms with Gasteiger partial charge in [0.1, 0.15) is 5.75 Å². The maximum Gasteiger partial charge on any atom is 0.338 e. The van der Waals surface area contributed by atoms with Crippen molar-refractivity contribution in [3.8, 4) is 5.75 Å². The minimum Gasteiger partial charge on any atom is -0.495 e. The molecule has 0 fully saturated rings. The van der Waals surface area contributed by atoms with Gasteiger partial charge in [-0.2, -0.15) is 0 Å². The van der Waals surface area contributed by atoms with Gasteiger partial charge in [-0.25, -0.2) is 17.5 Å². The van der Waals surface area contributed by atoms with Crippen LogP contribution in [0, 0.1) is 0 Å². The van der Waals surface area contributed by atoms with Gasteiger partial charge in [0.05, 0.1) is 23.3 Å². The summed E-state index contributed by atoms with van der Waals surface area (Å²) in [5, 5.41) is 2.55. The van der Waals surface area contributed by atoms with Crippen LogP contribution in [-0.4, -0.2) is 52.4 Å². The van der Waals surface area contributed by atoms with Crippen molar-refractivity contribution in [3.63, 3.8) is 0 Å². The van der Waals surface area contributed by atoms with Crippen LogP contribution in [0.1, 0.15) is 21.5 Å². The number of rotatable bonds is 9. The van der Waals surface area contributed by atoms with Gasteiger partial charge in [-0.05, 0) is 41.8 Å². The maximum absolute atomic E-state index is 12.7. The molecule has 0 aliphatic heterocycles. The molecule has 0 radical (unpaired) electrons. The summed E-state index contributed by atoms with van der Waals surface area (Å²) in [5.74, 6) is -0.991. The molecule has 0 saturated heterocycles. The first kappa shape index (κ1) is 24.9. The number of amides is 1. The SMILES string of the molecule is COc1ccc(S(=O)(=O)N(C)C)cc1NC(=O)COC(=O)c1ccccc1Cc1ccccc1. The number of esters is 1. The lowest BCUT2D eigenvalue weighted by Gasteiger charge is -2.15. The molecule has 0 aliphatic carbocycles. The Balaban J connectivity index is 1.70. The second-order valence-corrected chi connectivity index (χ2v) is 9.75. The molecule has 34 heavy (non-hydrogen) atoms. The quantitative estimate of drug-likeness (QED) is 0.470. The average molecular weight is 483 g/mol. The van der Waals surface area contributed by atoms with E-state index < -0.39 is 28.5 Å². The number of sulfonamides is 1. The molecule has 3 rings (SSSR count). The van der Waals surface area contributed by atoms with E-state index in [1.54, 1.807) is 12.1 Å². The highest BCUT2D eigenvalue weighted by molar-refractivity contribution is 7.89. The van der Waals surface area contributed by atoms with E-state index in [1.165, 1.54) is 39.4 Å². The molecule has 0 unspecified atom stereocenters. The van der Waals surface area contributed by atoms with Gasteiger partial charge < -0.3 is 14.8 Å². The lowest BCUT2D eigenvalue weighted by Crippen LogP contribution is -2.24. The molecule has 3 aromatic rings. The number of methoxy groups -OCH3 is 1. The molecule has 3 aromatic carbocycles. The van der Waals surface area contributed by atoms with Crippen LogP contribution < -0.4 is 10.1 Å². The van der Waals surface area contributed by atoms with E-state index in [-0.39, 0.29) is 16.3 Å². The number of anilines is 1. The maximum atomic E-state index is 12.7. The fourth-order valence-electron chi connectivity index (χ4n) is 3.24. The van der Waals surface area contributed by atoms with Crippen molar-refractivity contribution in [2.75, 3.05) is 33.1 Å². The molecular weight excluding hydrogens is 456 g/mol. The van der Waals surface area contributed by atoms with E-state index in [4.69, 9.17) is 9.47 Å². The van der Waals surface area contributed by atoms with E-state index in [0.717, 1.165) is 15.4 Å². The summed E-state index contributed by atoms with van der Waals surface area (Å²) in [4.78, 5) is 25.2. The standard InChI is InChI=1S/C25H26N2O6S/c1-27(2)34(30,31)20-13-14-23(32-3)22(16-20)26-24(28)17-33-25(29)21-12-8-7-11-19(21)15-18-9-5-4-6-10-18/h4-14,16H,15,17H2,1-3H3,(H,26,28). The van der Waals surface area contributed by atoms with Gasteiger partial charge in [-0.15, -0.1) is 0 Å². The molecular formula is C25H26N2O6S.